The molecule has 2 saturated carbocycles. The molecule has 13 heteroatoms. The van der Waals surface area contributed by atoms with Crippen LogP contribution in [-0.4, -0.2) is 86.5 Å². The predicted octanol–water partition coefficient (Wildman–Crippen LogP) is 2.54. The van der Waals surface area contributed by atoms with Gasteiger partial charge in [0, 0.05) is 111 Å². The van der Waals surface area contributed by atoms with E-state index in [1.54, 1.807) is 64.1 Å². The smallest absolute Gasteiger partial charge is 0.338 e. The summed E-state index contributed by atoms with van der Waals surface area (Å²) in [6.45, 7) is 12.3. The van der Waals surface area contributed by atoms with E-state index < -0.39 is 82.1 Å². The van der Waals surface area contributed by atoms with Crippen LogP contribution in [-0.2, 0) is 23.8 Å². The molecular weight excluding hydrogens is 1050 g/mol. The summed E-state index contributed by atoms with van der Waals surface area (Å²) in [5.41, 5.74) is -6.10. The Morgan fingerprint density at radius 2 is 1.71 bits per heavy atom. The molecule has 0 spiro atoms. The molecule has 9 unspecified atom stereocenters. The zero-order chi connectivity index (χ0) is 33.4. The zero-order valence-electron chi connectivity index (χ0n) is 27.4. The van der Waals surface area contributed by atoms with E-state index in [4.69, 9.17) is 25.6 Å². The molecular formula is C35H40Ac2O11. The Morgan fingerprint density at radius 1 is 1.04 bits per heavy atom. The van der Waals surface area contributed by atoms with Crippen LogP contribution in [0.2, 0.25) is 0 Å². The molecule has 48 heavy (non-hydrogen) atoms. The van der Waals surface area contributed by atoms with Crippen LogP contribution in [0.1, 0.15) is 69.0 Å². The predicted molar refractivity (Wildman–Crippen MR) is 160 cm³/mol. The average molecular weight is 1090 g/mol. The van der Waals surface area contributed by atoms with E-state index in [0.717, 1.165) is 0 Å². The number of fused-ring (bicyclic) bond motifs is 5. The first-order chi connectivity index (χ1) is 21.6. The molecule has 1 aromatic carbocycles. The van der Waals surface area contributed by atoms with Crippen molar-refractivity contribution in [3.8, 4) is 0 Å². The summed E-state index contributed by atoms with van der Waals surface area (Å²) < 4.78 is 22.9. The minimum atomic E-state index is -2.12. The van der Waals surface area contributed by atoms with Crippen LogP contribution in [0.5, 0.6) is 0 Å². The fraction of sp³-hybridized carbons (Fsp3) is 0.543. The number of ether oxygens (including phenoxy) is 3. The number of Topliss-reactive ketones (excluding diaryl/α,β-unsaturated/α-hetero) is 1. The van der Waals surface area contributed by atoms with Crippen LogP contribution in [0.15, 0.2) is 64.3 Å². The van der Waals surface area contributed by atoms with Gasteiger partial charge in [0.25, 0.3) is 0 Å². The Labute approximate surface area is 351 Å². The number of rotatable bonds is 6. The molecule has 3 aliphatic carbocycles. The summed E-state index contributed by atoms with van der Waals surface area (Å²) in [7, 11) is 0. The van der Waals surface area contributed by atoms with Crippen molar-refractivity contribution in [3.63, 3.8) is 0 Å². The molecule has 4 radical (unpaired) electrons. The monoisotopic (exact) mass is 1090 g/mol. The molecule has 1 aliphatic heterocycles. The first kappa shape index (κ1) is 40.3. The van der Waals surface area contributed by atoms with Gasteiger partial charge in [-0.25, -0.2) is 9.59 Å². The Kier molecular flexibility index (Phi) is 12.2. The first-order valence-electron chi connectivity index (χ1n) is 15.5. The quantitative estimate of drug-likeness (QED) is 0.248. The molecule has 0 amide bonds. The largest absolute Gasteiger partial charge is 0.469 e. The SMILES string of the molecule is [Ac].[Ac].[CH]C(c1ccco1)C(O)C(=O)OC1CC2(O)C(OC(=O)c3ccccc3)C3C4(O)COC4CC[C@@]3(C)C(=O)C(O)C(=C1C)C2(C)C. The number of esters is 2. The van der Waals surface area contributed by atoms with E-state index in [2.05, 4.69) is 0 Å². The van der Waals surface area contributed by atoms with Crippen LogP contribution in [0, 0.1) is 112 Å². The van der Waals surface area contributed by atoms with Crippen molar-refractivity contribution in [2.75, 3.05) is 6.61 Å². The number of ketones is 1. The Balaban J connectivity index is 0.00000260. The van der Waals surface area contributed by atoms with Gasteiger partial charge >= 0.3 is 11.9 Å². The van der Waals surface area contributed by atoms with Crippen molar-refractivity contribution in [2.24, 2.45) is 16.7 Å². The van der Waals surface area contributed by atoms with Crippen molar-refractivity contribution in [1.29, 1.82) is 0 Å². The molecule has 4 aliphatic rings. The van der Waals surface area contributed by atoms with Crippen molar-refractivity contribution < 1.29 is 142 Å². The van der Waals surface area contributed by atoms with Crippen LogP contribution in [0.25, 0.3) is 0 Å². The van der Waals surface area contributed by atoms with Gasteiger partial charge in [-0.2, -0.15) is 0 Å². The molecule has 6 rings (SSSR count). The number of carbonyl (C=O) groups is 3. The number of hydrogen-bond donors (Lipinski definition) is 4. The van der Waals surface area contributed by atoms with Crippen LogP contribution >= 0.6 is 0 Å². The Bertz CT molecular complexity index is 1560. The van der Waals surface area contributed by atoms with Gasteiger partial charge in [-0.3, -0.25) is 4.79 Å². The van der Waals surface area contributed by atoms with Gasteiger partial charge in [0.2, 0.25) is 0 Å². The van der Waals surface area contributed by atoms with E-state index >= 15 is 0 Å². The van der Waals surface area contributed by atoms with E-state index in [1.165, 1.54) is 12.3 Å². The fourth-order valence-electron chi connectivity index (χ4n) is 8.39. The van der Waals surface area contributed by atoms with Gasteiger partial charge in [-0.1, -0.05) is 39.0 Å². The molecule has 2 heterocycles. The van der Waals surface area contributed by atoms with E-state index in [0.29, 0.717) is 12.0 Å². The summed E-state index contributed by atoms with van der Waals surface area (Å²) in [5.74, 6) is -4.86. The summed E-state index contributed by atoms with van der Waals surface area (Å²) >= 11 is 0. The molecule has 1 aromatic heterocycles. The maximum Gasteiger partial charge on any atom is 0.338 e. The molecule has 4 N–H and O–H groups in total. The van der Waals surface area contributed by atoms with E-state index in [-0.39, 0.29) is 124 Å². The van der Waals surface area contributed by atoms with Crippen molar-refractivity contribution >= 4 is 17.7 Å². The van der Waals surface area contributed by atoms with Crippen molar-refractivity contribution in [2.45, 2.75) is 94.6 Å². The fourth-order valence-corrected chi connectivity index (χ4v) is 8.39. The average Bonchev–Trinajstić information content (AvgIpc) is 3.56. The van der Waals surface area contributed by atoms with E-state index in [1.807, 2.05) is 0 Å². The molecule has 2 bridgehead atoms. The van der Waals surface area contributed by atoms with Crippen LogP contribution < -0.4 is 0 Å². The molecule has 3 fully saturated rings. The van der Waals surface area contributed by atoms with Gasteiger partial charge in [-0.15, -0.1) is 0 Å². The van der Waals surface area contributed by atoms with Gasteiger partial charge < -0.3 is 39.1 Å². The molecule has 11 nitrogen and oxygen atoms in total. The number of furan rings is 1. The van der Waals surface area contributed by atoms with Gasteiger partial charge in [0.15, 0.2) is 11.9 Å². The molecule has 252 valence electrons. The second kappa shape index (κ2) is 14.5. The van der Waals surface area contributed by atoms with Crippen LogP contribution in [0.3, 0.4) is 0 Å². The normalized spacial score (nSPS) is 36.3. The Hall–Kier alpha value is -0.467. The summed E-state index contributed by atoms with van der Waals surface area (Å²) in [4.78, 5) is 41.5. The van der Waals surface area contributed by atoms with Crippen LogP contribution in [0.4, 0.5) is 0 Å². The third kappa shape index (κ3) is 6.22. The minimum absolute atomic E-state index is 0. The number of benzene rings is 1. The molecule has 10 atom stereocenters. The number of aliphatic hydroxyl groups is 4. The maximum absolute atomic E-state index is 14.4. The Morgan fingerprint density at radius 3 is 2.29 bits per heavy atom. The van der Waals surface area contributed by atoms with Gasteiger partial charge in [-0.05, 0) is 62.1 Å². The standard InChI is InChI=1S/C35H40O11.2Ac/c1-18-22(45-31(40)25(36)19(2)21-12-9-15-43-21)16-35(42)29(46-30(39)20-10-7-6-8-11-20)27-33(5,14-13-23-34(27,41)17-44-23)28(38)26(37)24(18)32(35,3)4;;/h2,6-12,15,19,22-23,25-27,29,36-37,41-42H,13-14,16-17H2,1,3-5H3;;/t19?,22?,23?,25?,26?,27?,29?,33-,34?,35?;;/m1../s1. The summed E-state index contributed by atoms with van der Waals surface area (Å²) in [6.07, 6.45) is -5.62. The summed E-state index contributed by atoms with van der Waals surface area (Å²) in [6, 6.07) is 11.2. The topological polar surface area (TPSA) is 173 Å². The third-order valence-corrected chi connectivity index (χ3v) is 11.2. The van der Waals surface area contributed by atoms with Gasteiger partial charge in [0.05, 0.1) is 30.5 Å². The minimum Gasteiger partial charge on any atom is -0.469 e. The summed E-state index contributed by atoms with van der Waals surface area (Å²) in [5, 5.41) is 47.7. The molecule has 1 saturated heterocycles. The number of carbonyl (C=O) groups excluding carboxylic acids is 3. The van der Waals surface area contributed by atoms with Crippen molar-refractivity contribution in [3.05, 3.63) is 78.1 Å². The second-order valence-corrected chi connectivity index (χ2v) is 13.9. The maximum atomic E-state index is 14.4. The van der Waals surface area contributed by atoms with E-state index in [9.17, 15) is 34.8 Å². The second-order valence-electron chi connectivity index (χ2n) is 13.9. The van der Waals surface area contributed by atoms with Crippen molar-refractivity contribution in [1.82, 2.24) is 0 Å². The first-order valence-corrected chi connectivity index (χ1v) is 15.5. The zero-order valence-corrected chi connectivity index (χ0v) is 36.9. The third-order valence-electron chi connectivity index (χ3n) is 11.2. The number of aliphatic hydroxyl groups excluding tert-OH is 2. The van der Waals surface area contributed by atoms with Gasteiger partial charge in [0.1, 0.15) is 35.3 Å². The number of hydrogen-bond acceptors (Lipinski definition) is 11. The molecule has 2 aromatic rings.